The van der Waals surface area contributed by atoms with Crippen LogP contribution in [0.5, 0.6) is 0 Å². The Morgan fingerprint density at radius 2 is 2.35 bits per heavy atom. The van der Waals surface area contributed by atoms with E-state index in [0.29, 0.717) is 0 Å². The number of aliphatic hydroxyl groups is 1. The van der Waals surface area contributed by atoms with E-state index in [1.54, 1.807) is 17.4 Å². The first kappa shape index (κ1) is 12.8. The molecule has 1 fully saturated rings. The van der Waals surface area contributed by atoms with Crippen molar-refractivity contribution in [3.05, 3.63) is 26.9 Å². The normalized spacial score (nSPS) is 18.0. The number of carbonyl (C=O) groups excluding carboxylic acids is 1. The van der Waals surface area contributed by atoms with Crippen LogP contribution in [0.3, 0.4) is 0 Å². The molecule has 0 unspecified atom stereocenters. The molecule has 1 aromatic rings. The van der Waals surface area contributed by atoms with Crippen LogP contribution in [0, 0.1) is 0 Å². The highest BCUT2D eigenvalue weighted by Crippen LogP contribution is 2.31. The molecule has 0 saturated heterocycles. The highest BCUT2D eigenvalue weighted by molar-refractivity contribution is 9.11. The summed E-state index contributed by atoms with van der Waals surface area (Å²) in [5, 5.41) is 12.1. The average molecular weight is 316 g/mol. The maximum absolute atomic E-state index is 11.7. The fourth-order valence-corrected chi connectivity index (χ4v) is 3.13. The third-order valence-corrected chi connectivity index (χ3v) is 4.58. The van der Waals surface area contributed by atoms with Crippen molar-refractivity contribution >= 4 is 39.2 Å². The lowest BCUT2D eigenvalue weighted by molar-refractivity contribution is -0.120. The van der Waals surface area contributed by atoms with Crippen molar-refractivity contribution in [1.29, 1.82) is 0 Å². The van der Waals surface area contributed by atoms with Crippen molar-refractivity contribution in [2.24, 2.45) is 0 Å². The number of thiophene rings is 1. The topological polar surface area (TPSA) is 49.3 Å². The van der Waals surface area contributed by atoms with Crippen molar-refractivity contribution in [2.45, 2.75) is 24.8 Å². The summed E-state index contributed by atoms with van der Waals surface area (Å²) in [5.41, 5.74) is -0.364. The summed E-state index contributed by atoms with van der Waals surface area (Å²) in [7, 11) is 0. The Balaban J connectivity index is 1.91. The van der Waals surface area contributed by atoms with Gasteiger partial charge in [-0.05, 0) is 53.4 Å². The molecule has 1 saturated carbocycles. The van der Waals surface area contributed by atoms with Gasteiger partial charge in [0.25, 0.3) is 0 Å². The van der Waals surface area contributed by atoms with Crippen LogP contribution in [0.1, 0.15) is 24.1 Å². The van der Waals surface area contributed by atoms with Gasteiger partial charge in [0.2, 0.25) is 5.91 Å². The zero-order valence-electron chi connectivity index (χ0n) is 9.28. The van der Waals surface area contributed by atoms with Crippen LogP contribution >= 0.6 is 27.3 Å². The Morgan fingerprint density at radius 3 is 2.82 bits per heavy atom. The molecule has 1 heterocycles. The van der Waals surface area contributed by atoms with Crippen LogP contribution < -0.4 is 5.32 Å². The largest absolute Gasteiger partial charge is 0.394 e. The molecule has 2 N–H and O–H groups in total. The van der Waals surface area contributed by atoms with E-state index in [2.05, 4.69) is 21.2 Å². The summed E-state index contributed by atoms with van der Waals surface area (Å²) in [4.78, 5) is 12.7. The van der Waals surface area contributed by atoms with E-state index in [1.165, 1.54) is 6.08 Å². The zero-order chi connectivity index (χ0) is 12.3. The van der Waals surface area contributed by atoms with Gasteiger partial charge in [-0.1, -0.05) is 0 Å². The first-order valence-corrected chi connectivity index (χ1v) is 7.11. The van der Waals surface area contributed by atoms with Crippen molar-refractivity contribution in [3.8, 4) is 0 Å². The van der Waals surface area contributed by atoms with Gasteiger partial charge in [-0.25, -0.2) is 0 Å². The van der Waals surface area contributed by atoms with E-state index < -0.39 is 0 Å². The van der Waals surface area contributed by atoms with Crippen molar-refractivity contribution in [2.75, 3.05) is 6.61 Å². The molecule has 0 atom stereocenters. The van der Waals surface area contributed by atoms with Crippen molar-refractivity contribution in [1.82, 2.24) is 5.32 Å². The molecule has 2 rings (SSSR count). The summed E-state index contributed by atoms with van der Waals surface area (Å²) in [6, 6.07) is 3.90. The minimum Gasteiger partial charge on any atom is -0.394 e. The number of halogens is 1. The molecule has 0 radical (unpaired) electrons. The second-order valence-electron chi connectivity index (χ2n) is 4.26. The van der Waals surface area contributed by atoms with Gasteiger partial charge in [0.1, 0.15) is 0 Å². The molecule has 1 aromatic heterocycles. The Kier molecular flexibility index (Phi) is 4.01. The van der Waals surface area contributed by atoms with Crippen molar-refractivity contribution < 1.29 is 9.90 Å². The molecule has 92 valence electrons. The van der Waals surface area contributed by atoms with Gasteiger partial charge < -0.3 is 10.4 Å². The Bertz CT molecular complexity index is 432. The Hall–Kier alpha value is -0.650. The quantitative estimate of drug-likeness (QED) is 0.839. The molecule has 0 aromatic carbocycles. The maximum Gasteiger partial charge on any atom is 0.244 e. The standard InChI is InChI=1S/C12H14BrNO2S/c13-10-4-2-9(17-10)3-5-11(16)14-12(8-15)6-1-7-12/h2-5,15H,1,6-8H2,(H,14,16)/b5-3+. The van der Waals surface area contributed by atoms with Gasteiger partial charge in [-0.3, -0.25) is 4.79 Å². The number of hydrogen-bond donors (Lipinski definition) is 2. The fourth-order valence-electron chi connectivity index (χ4n) is 1.80. The number of amides is 1. The molecule has 17 heavy (non-hydrogen) atoms. The van der Waals surface area contributed by atoms with Gasteiger partial charge in [0, 0.05) is 11.0 Å². The minimum atomic E-state index is -0.364. The van der Waals surface area contributed by atoms with Crippen LogP contribution in [0.25, 0.3) is 6.08 Å². The molecule has 0 aliphatic heterocycles. The Labute approximate surface area is 113 Å². The van der Waals surface area contributed by atoms with Gasteiger partial charge in [0.15, 0.2) is 0 Å². The molecule has 0 spiro atoms. The van der Waals surface area contributed by atoms with Gasteiger partial charge >= 0.3 is 0 Å². The first-order valence-electron chi connectivity index (χ1n) is 5.50. The molecule has 5 heteroatoms. The molecule has 3 nitrogen and oxygen atoms in total. The first-order chi connectivity index (χ1) is 8.13. The summed E-state index contributed by atoms with van der Waals surface area (Å²) in [6.07, 6.45) is 6.12. The summed E-state index contributed by atoms with van der Waals surface area (Å²) >= 11 is 4.94. The predicted molar refractivity (Wildman–Crippen MR) is 72.9 cm³/mol. The van der Waals surface area contributed by atoms with Crippen molar-refractivity contribution in [3.63, 3.8) is 0 Å². The van der Waals surface area contributed by atoms with Crippen LogP contribution in [-0.2, 0) is 4.79 Å². The lowest BCUT2D eigenvalue weighted by Crippen LogP contribution is -2.55. The number of aliphatic hydroxyl groups excluding tert-OH is 1. The monoisotopic (exact) mass is 315 g/mol. The lowest BCUT2D eigenvalue weighted by atomic mass is 9.77. The summed E-state index contributed by atoms with van der Waals surface area (Å²) < 4.78 is 1.04. The fraction of sp³-hybridized carbons (Fsp3) is 0.417. The smallest absolute Gasteiger partial charge is 0.244 e. The second kappa shape index (κ2) is 5.33. The van der Waals surface area contributed by atoms with E-state index in [-0.39, 0.29) is 18.1 Å². The van der Waals surface area contributed by atoms with Crippen LogP contribution in [0.15, 0.2) is 22.0 Å². The van der Waals surface area contributed by atoms with Gasteiger partial charge in [0.05, 0.1) is 15.9 Å². The average Bonchev–Trinajstić information content (AvgIpc) is 2.67. The van der Waals surface area contributed by atoms with E-state index in [1.807, 2.05) is 12.1 Å². The third-order valence-electron chi connectivity index (χ3n) is 2.99. The van der Waals surface area contributed by atoms with Crippen LogP contribution in [-0.4, -0.2) is 23.2 Å². The summed E-state index contributed by atoms with van der Waals surface area (Å²) in [5.74, 6) is -0.136. The van der Waals surface area contributed by atoms with E-state index >= 15 is 0 Å². The predicted octanol–water partition coefficient (Wildman–Crippen LogP) is 2.56. The van der Waals surface area contributed by atoms with E-state index in [9.17, 15) is 9.90 Å². The molecular formula is C12H14BrNO2S. The van der Waals surface area contributed by atoms with Gasteiger partial charge in [-0.15, -0.1) is 11.3 Å². The van der Waals surface area contributed by atoms with Crippen LogP contribution in [0.2, 0.25) is 0 Å². The minimum absolute atomic E-state index is 0.0249. The van der Waals surface area contributed by atoms with E-state index in [4.69, 9.17) is 0 Å². The van der Waals surface area contributed by atoms with Crippen LogP contribution in [0.4, 0.5) is 0 Å². The highest BCUT2D eigenvalue weighted by Gasteiger charge is 2.37. The molecule has 0 bridgehead atoms. The third kappa shape index (κ3) is 3.18. The molecular weight excluding hydrogens is 302 g/mol. The number of carbonyl (C=O) groups is 1. The molecule has 1 amide bonds. The van der Waals surface area contributed by atoms with E-state index in [0.717, 1.165) is 27.9 Å². The Morgan fingerprint density at radius 1 is 1.59 bits per heavy atom. The van der Waals surface area contributed by atoms with Gasteiger partial charge in [-0.2, -0.15) is 0 Å². The SMILES string of the molecule is O=C(/C=C/c1ccc(Br)s1)NC1(CO)CCC1. The highest BCUT2D eigenvalue weighted by atomic mass is 79.9. The number of nitrogens with one attached hydrogen (secondary N) is 1. The molecule has 1 aliphatic carbocycles. The number of rotatable bonds is 4. The number of hydrogen-bond acceptors (Lipinski definition) is 3. The zero-order valence-corrected chi connectivity index (χ0v) is 11.7. The maximum atomic E-state index is 11.7. The second-order valence-corrected chi connectivity index (χ2v) is 6.75. The lowest BCUT2D eigenvalue weighted by Gasteiger charge is -2.40. The summed E-state index contributed by atoms with van der Waals surface area (Å²) in [6.45, 7) is 0.0249. The molecule has 1 aliphatic rings.